The summed E-state index contributed by atoms with van der Waals surface area (Å²) in [5.41, 5.74) is 3.75. The van der Waals surface area contributed by atoms with Crippen LogP contribution in [0, 0.1) is 6.92 Å². The monoisotopic (exact) mass is 299 g/mol. The highest BCUT2D eigenvalue weighted by Crippen LogP contribution is 2.17. The van der Waals surface area contributed by atoms with Crippen molar-refractivity contribution in [1.29, 1.82) is 0 Å². The molecule has 1 N–H and O–H groups in total. The van der Waals surface area contributed by atoms with Crippen molar-refractivity contribution in [3.05, 3.63) is 65.2 Å². The Bertz CT molecular complexity index is 552. The topological polar surface area (TPSA) is 30.5 Å². The molecule has 0 spiro atoms. The minimum Gasteiger partial charge on any atom is -0.491 e. The summed E-state index contributed by atoms with van der Waals surface area (Å²) < 4.78 is 11.1. The molecule has 0 aliphatic heterocycles. The quantitative estimate of drug-likeness (QED) is 0.716. The van der Waals surface area contributed by atoms with Gasteiger partial charge in [-0.3, -0.25) is 0 Å². The minimum absolute atomic E-state index is 0.586. The molecule has 0 heterocycles. The summed E-state index contributed by atoms with van der Waals surface area (Å²) in [7, 11) is 0. The van der Waals surface area contributed by atoms with E-state index < -0.39 is 0 Å². The Morgan fingerprint density at radius 3 is 2.45 bits per heavy atom. The lowest BCUT2D eigenvalue weighted by Crippen LogP contribution is -2.14. The molecule has 0 fully saturated rings. The fourth-order valence-electron chi connectivity index (χ4n) is 2.19. The fourth-order valence-corrected chi connectivity index (χ4v) is 2.19. The lowest BCUT2D eigenvalue weighted by Gasteiger charge is -2.12. The van der Waals surface area contributed by atoms with Gasteiger partial charge in [-0.15, -0.1) is 0 Å². The van der Waals surface area contributed by atoms with E-state index in [9.17, 15) is 0 Å². The molecule has 118 valence electrons. The second kappa shape index (κ2) is 9.23. The first-order valence-electron chi connectivity index (χ1n) is 7.84. The predicted octanol–water partition coefficient (Wildman–Crippen LogP) is 3.70. The maximum atomic E-state index is 5.79. The number of hydrogen-bond donors (Lipinski definition) is 1. The number of aryl methyl sites for hydroxylation is 1. The van der Waals surface area contributed by atoms with Crippen LogP contribution in [0.5, 0.6) is 5.75 Å². The Morgan fingerprint density at radius 2 is 1.68 bits per heavy atom. The van der Waals surface area contributed by atoms with E-state index in [1.54, 1.807) is 0 Å². The predicted molar refractivity (Wildman–Crippen MR) is 90.2 cm³/mol. The van der Waals surface area contributed by atoms with Gasteiger partial charge in [0.2, 0.25) is 0 Å². The van der Waals surface area contributed by atoms with Crippen molar-refractivity contribution in [3.8, 4) is 5.75 Å². The maximum Gasteiger partial charge on any atom is 0.123 e. The normalized spacial score (nSPS) is 10.6. The van der Waals surface area contributed by atoms with Crippen LogP contribution in [0.1, 0.15) is 23.6 Å². The van der Waals surface area contributed by atoms with Crippen LogP contribution in [0.4, 0.5) is 0 Å². The minimum atomic E-state index is 0.586. The highest BCUT2D eigenvalue weighted by Gasteiger charge is 2.02. The Kier molecular flexibility index (Phi) is 6.94. The van der Waals surface area contributed by atoms with Gasteiger partial charge in [0, 0.05) is 25.3 Å². The van der Waals surface area contributed by atoms with Gasteiger partial charge in [-0.1, -0.05) is 48.0 Å². The van der Waals surface area contributed by atoms with Crippen molar-refractivity contribution in [2.75, 3.05) is 19.8 Å². The van der Waals surface area contributed by atoms with Crippen LogP contribution in [-0.2, 0) is 17.8 Å². The molecule has 22 heavy (non-hydrogen) atoms. The van der Waals surface area contributed by atoms with Gasteiger partial charge in [0.1, 0.15) is 12.4 Å². The molecule has 0 bridgehead atoms. The summed E-state index contributed by atoms with van der Waals surface area (Å²) in [6.45, 7) is 7.68. The Morgan fingerprint density at radius 1 is 0.909 bits per heavy atom. The SMILES string of the molecule is CCOCCOc1ccccc1CNCc1ccc(C)cc1. The molecule has 3 heteroatoms. The molecule has 0 aliphatic carbocycles. The van der Waals surface area contributed by atoms with Crippen molar-refractivity contribution in [3.63, 3.8) is 0 Å². The average Bonchev–Trinajstić information content (AvgIpc) is 2.55. The zero-order chi connectivity index (χ0) is 15.6. The zero-order valence-electron chi connectivity index (χ0n) is 13.5. The van der Waals surface area contributed by atoms with Crippen molar-refractivity contribution in [1.82, 2.24) is 5.32 Å². The van der Waals surface area contributed by atoms with Gasteiger partial charge in [0.15, 0.2) is 0 Å². The van der Waals surface area contributed by atoms with Crippen molar-refractivity contribution < 1.29 is 9.47 Å². The van der Waals surface area contributed by atoms with Gasteiger partial charge in [0.05, 0.1) is 6.61 Å². The van der Waals surface area contributed by atoms with Crippen LogP contribution >= 0.6 is 0 Å². The van der Waals surface area contributed by atoms with Crippen LogP contribution < -0.4 is 10.1 Å². The Labute approximate surface area is 133 Å². The van der Waals surface area contributed by atoms with Gasteiger partial charge >= 0.3 is 0 Å². The average molecular weight is 299 g/mol. The van der Waals surface area contributed by atoms with Crippen LogP contribution in [-0.4, -0.2) is 19.8 Å². The maximum absolute atomic E-state index is 5.79. The van der Waals surface area contributed by atoms with E-state index in [4.69, 9.17) is 9.47 Å². The van der Waals surface area contributed by atoms with Gasteiger partial charge < -0.3 is 14.8 Å². The molecule has 0 atom stereocenters. The van der Waals surface area contributed by atoms with Crippen molar-refractivity contribution in [2.45, 2.75) is 26.9 Å². The molecule has 0 saturated heterocycles. The molecule has 2 aromatic rings. The molecule has 0 unspecified atom stereocenters. The third-order valence-electron chi connectivity index (χ3n) is 3.43. The molecule has 2 aromatic carbocycles. The second-order valence-corrected chi connectivity index (χ2v) is 5.24. The van der Waals surface area contributed by atoms with Gasteiger partial charge in [-0.2, -0.15) is 0 Å². The van der Waals surface area contributed by atoms with Crippen LogP contribution in [0.15, 0.2) is 48.5 Å². The summed E-state index contributed by atoms with van der Waals surface area (Å²) in [5, 5.41) is 3.47. The first-order valence-corrected chi connectivity index (χ1v) is 7.84. The summed E-state index contributed by atoms with van der Waals surface area (Å²) in [6.07, 6.45) is 0. The van der Waals surface area contributed by atoms with E-state index in [0.717, 1.165) is 25.4 Å². The number of benzene rings is 2. The Balaban J connectivity index is 1.82. The molecule has 0 amide bonds. The lowest BCUT2D eigenvalue weighted by molar-refractivity contribution is 0.110. The molecule has 3 nitrogen and oxygen atoms in total. The highest BCUT2D eigenvalue weighted by atomic mass is 16.5. The van der Waals surface area contributed by atoms with Gasteiger partial charge in [-0.25, -0.2) is 0 Å². The fraction of sp³-hybridized carbons (Fsp3) is 0.368. The molecular weight excluding hydrogens is 274 g/mol. The standard InChI is InChI=1S/C19H25NO2/c1-3-21-12-13-22-19-7-5-4-6-18(19)15-20-14-17-10-8-16(2)9-11-17/h4-11,20H,3,12-15H2,1-2H3. The van der Waals surface area contributed by atoms with Crippen LogP contribution in [0.3, 0.4) is 0 Å². The van der Waals surface area contributed by atoms with Gasteiger partial charge in [0.25, 0.3) is 0 Å². The van der Waals surface area contributed by atoms with Gasteiger partial charge in [-0.05, 0) is 25.5 Å². The van der Waals surface area contributed by atoms with E-state index >= 15 is 0 Å². The van der Waals surface area contributed by atoms with Crippen LogP contribution in [0.2, 0.25) is 0 Å². The molecule has 0 aliphatic rings. The molecule has 0 aromatic heterocycles. The number of rotatable bonds is 9. The summed E-state index contributed by atoms with van der Waals surface area (Å²) >= 11 is 0. The molecule has 2 rings (SSSR count). The Hall–Kier alpha value is -1.84. The van der Waals surface area contributed by atoms with E-state index in [1.165, 1.54) is 16.7 Å². The van der Waals surface area contributed by atoms with Crippen molar-refractivity contribution in [2.24, 2.45) is 0 Å². The third-order valence-corrected chi connectivity index (χ3v) is 3.43. The summed E-state index contributed by atoms with van der Waals surface area (Å²) in [6, 6.07) is 16.7. The highest BCUT2D eigenvalue weighted by molar-refractivity contribution is 5.33. The van der Waals surface area contributed by atoms with E-state index in [1.807, 2.05) is 25.1 Å². The molecular formula is C19H25NO2. The first-order chi connectivity index (χ1) is 10.8. The van der Waals surface area contributed by atoms with E-state index in [2.05, 4.69) is 42.6 Å². The molecule has 0 saturated carbocycles. The second-order valence-electron chi connectivity index (χ2n) is 5.24. The lowest BCUT2D eigenvalue weighted by atomic mass is 10.1. The number of hydrogen-bond acceptors (Lipinski definition) is 3. The van der Waals surface area contributed by atoms with E-state index in [-0.39, 0.29) is 0 Å². The van der Waals surface area contributed by atoms with Crippen molar-refractivity contribution >= 4 is 0 Å². The first kappa shape index (κ1) is 16.5. The summed E-state index contributed by atoms with van der Waals surface area (Å²) in [4.78, 5) is 0. The zero-order valence-corrected chi connectivity index (χ0v) is 13.5. The smallest absolute Gasteiger partial charge is 0.123 e. The molecule has 0 radical (unpaired) electrons. The number of para-hydroxylation sites is 1. The third kappa shape index (κ3) is 5.51. The summed E-state index contributed by atoms with van der Waals surface area (Å²) in [5.74, 6) is 0.929. The number of nitrogens with one attached hydrogen (secondary N) is 1. The number of ether oxygens (including phenoxy) is 2. The largest absolute Gasteiger partial charge is 0.491 e. The van der Waals surface area contributed by atoms with Crippen LogP contribution in [0.25, 0.3) is 0 Å². The van der Waals surface area contributed by atoms with E-state index in [0.29, 0.717) is 13.2 Å².